The first kappa shape index (κ1) is 15.2. The summed E-state index contributed by atoms with van der Waals surface area (Å²) in [6.45, 7) is 7.74. The third-order valence-corrected chi connectivity index (χ3v) is 3.77. The summed E-state index contributed by atoms with van der Waals surface area (Å²) in [5.74, 6) is 1.97. The average Bonchev–Trinajstić information content (AvgIpc) is 2.92. The van der Waals surface area contributed by atoms with E-state index in [4.69, 9.17) is 0 Å². The SMILES string of the molecule is [Be+2].[CH2-]CC1CCCC1.[CH2-]CC1CCCC1. The van der Waals surface area contributed by atoms with Gasteiger partial charge in [0.2, 0.25) is 0 Å². The first-order valence-corrected chi connectivity index (χ1v) is 6.45. The van der Waals surface area contributed by atoms with Gasteiger partial charge in [-0.05, 0) is 0 Å². The van der Waals surface area contributed by atoms with Crippen LogP contribution in [-0.4, -0.2) is 10.1 Å². The molecule has 0 nitrogen and oxygen atoms in total. The van der Waals surface area contributed by atoms with Crippen molar-refractivity contribution in [3.8, 4) is 0 Å². The Morgan fingerprint density at radius 1 is 0.667 bits per heavy atom. The molecule has 0 radical (unpaired) electrons. The van der Waals surface area contributed by atoms with E-state index in [1.807, 2.05) is 0 Å². The smallest absolute Gasteiger partial charge is 0.343 e. The van der Waals surface area contributed by atoms with Gasteiger partial charge < -0.3 is 13.8 Å². The maximum absolute atomic E-state index is 3.87. The van der Waals surface area contributed by atoms with E-state index in [1.165, 1.54) is 64.2 Å². The normalized spacial score (nSPS) is 22.0. The van der Waals surface area contributed by atoms with Crippen molar-refractivity contribution in [3.05, 3.63) is 13.8 Å². The third kappa shape index (κ3) is 6.36. The van der Waals surface area contributed by atoms with Gasteiger partial charge in [-0.3, -0.25) is 0 Å². The summed E-state index contributed by atoms with van der Waals surface area (Å²) >= 11 is 0. The van der Waals surface area contributed by atoms with Gasteiger partial charge in [-0.15, -0.1) is 0 Å². The van der Waals surface area contributed by atoms with E-state index in [2.05, 4.69) is 13.8 Å². The topological polar surface area (TPSA) is 0 Å². The van der Waals surface area contributed by atoms with Crippen molar-refractivity contribution in [1.29, 1.82) is 0 Å². The molecule has 2 aliphatic carbocycles. The van der Waals surface area contributed by atoms with Crippen molar-refractivity contribution in [2.24, 2.45) is 11.8 Å². The van der Waals surface area contributed by atoms with Gasteiger partial charge in [0.15, 0.2) is 0 Å². The van der Waals surface area contributed by atoms with Crippen LogP contribution in [0.2, 0.25) is 0 Å². The molecule has 0 aromatic heterocycles. The third-order valence-electron chi connectivity index (χ3n) is 3.77. The van der Waals surface area contributed by atoms with Crippen LogP contribution in [0, 0.1) is 25.7 Å². The van der Waals surface area contributed by atoms with Crippen LogP contribution in [0.4, 0.5) is 0 Å². The molecule has 84 valence electrons. The fourth-order valence-electron chi connectivity index (χ4n) is 2.60. The Balaban J connectivity index is 0.000000245. The van der Waals surface area contributed by atoms with Crippen LogP contribution in [0.25, 0.3) is 0 Å². The molecule has 2 rings (SSSR count). The Morgan fingerprint density at radius 3 is 1.07 bits per heavy atom. The molecule has 0 saturated heterocycles. The molecule has 0 amide bonds. The summed E-state index contributed by atoms with van der Waals surface area (Å²) in [5, 5.41) is 0. The zero-order chi connectivity index (χ0) is 10.2. The molecule has 0 unspecified atom stereocenters. The molecule has 1 heteroatoms. The quantitative estimate of drug-likeness (QED) is 0.460. The monoisotopic (exact) mass is 203 g/mol. The molecule has 0 N–H and O–H groups in total. The van der Waals surface area contributed by atoms with Gasteiger partial charge in [0.1, 0.15) is 0 Å². The Hall–Kier alpha value is 0.169. The van der Waals surface area contributed by atoms with Gasteiger partial charge in [-0.2, -0.15) is 12.8 Å². The van der Waals surface area contributed by atoms with E-state index in [0.717, 1.165) is 11.8 Å². The van der Waals surface area contributed by atoms with Crippen LogP contribution in [0.5, 0.6) is 0 Å². The minimum atomic E-state index is 0. The van der Waals surface area contributed by atoms with Gasteiger partial charge in [-0.25, -0.2) is 0 Å². The van der Waals surface area contributed by atoms with E-state index in [1.54, 1.807) is 0 Å². The Kier molecular flexibility index (Phi) is 9.50. The molecular weight excluding hydrogens is 177 g/mol. The van der Waals surface area contributed by atoms with E-state index < -0.39 is 0 Å². The van der Waals surface area contributed by atoms with Crippen LogP contribution in [0.1, 0.15) is 64.2 Å². The predicted molar refractivity (Wildman–Crippen MR) is 69.6 cm³/mol. The van der Waals surface area contributed by atoms with Gasteiger partial charge in [-0.1, -0.05) is 63.2 Å². The van der Waals surface area contributed by atoms with Crippen LogP contribution in [0.15, 0.2) is 0 Å². The van der Waals surface area contributed by atoms with E-state index in [-0.39, 0.29) is 10.1 Å². The van der Waals surface area contributed by atoms with Gasteiger partial charge >= 0.3 is 10.1 Å². The largest absolute Gasteiger partial charge is 2.00 e. The van der Waals surface area contributed by atoms with Crippen molar-refractivity contribution >= 4 is 10.1 Å². The Bertz CT molecular complexity index is 105. The molecule has 2 aliphatic rings. The molecule has 0 heterocycles. The van der Waals surface area contributed by atoms with Gasteiger partial charge in [0, 0.05) is 0 Å². The molecule has 0 aliphatic heterocycles. The maximum atomic E-state index is 3.87. The molecule has 0 aromatic rings. The molecule has 0 aromatic carbocycles. The zero-order valence-corrected chi connectivity index (χ0v) is 10.3. The van der Waals surface area contributed by atoms with E-state index >= 15 is 0 Å². The first-order chi connectivity index (χ1) is 6.86. The fourth-order valence-corrected chi connectivity index (χ4v) is 2.60. The minimum Gasteiger partial charge on any atom is -0.343 e. The maximum Gasteiger partial charge on any atom is 2.00 e. The number of rotatable bonds is 2. The molecule has 0 atom stereocenters. The van der Waals surface area contributed by atoms with Gasteiger partial charge in [0.25, 0.3) is 0 Å². The van der Waals surface area contributed by atoms with Crippen molar-refractivity contribution in [2.45, 2.75) is 64.2 Å². The summed E-state index contributed by atoms with van der Waals surface area (Å²) in [4.78, 5) is 0. The van der Waals surface area contributed by atoms with Crippen LogP contribution in [-0.2, 0) is 0 Å². The number of hydrogen-bond donors (Lipinski definition) is 0. The van der Waals surface area contributed by atoms with E-state index in [0.29, 0.717) is 0 Å². The van der Waals surface area contributed by atoms with Crippen molar-refractivity contribution in [1.82, 2.24) is 0 Å². The summed E-state index contributed by atoms with van der Waals surface area (Å²) in [7, 11) is 0. The van der Waals surface area contributed by atoms with E-state index in [9.17, 15) is 0 Å². The second-order valence-electron chi connectivity index (χ2n) is 4.88. The average molecular weight is 203 g/mol. The second kappa shape index (κ2) is 9.40. The number of hydrogen-bond acceptors (Lipinski definition) is 0. The molecule has 0 bridgehead atoms. The Labute approximate surface area is 100 Å². The van der Waals surface area contributed by atoms with Gasteiger partial charge in [0.05, 0.1) is 0 Å². The molecule has 0 spiro atoms. The fraction of sp³-hybridized carbons (Fsp3) is 0.857. The first-order valence-electron chi connectivity index (χ1n) is 6.45. The molecule has 15 heavy (non-hydrogen) atoms. The molecular formula is C14H26Be. The standard InChI is InChI=1S/2C7H13.Be/c2*1-2-7-5-3-4-6-7;/h2*7H,1-6H2;/q2*-1;+2. The van der Waals surface area contributed by atoms with Crippen molar-refractivity contribution < 1.29 is 0 Å². The summed E-state index contributed by atoms with van der Waals surface area (Å²) in [6, 6.07) is 0. The molecule has 2 saturated carbocycles. The summed E-state index contributed by atoms with van der Waals surface area (Å²) < 4.78 is 0. The van der Waals surface area contributed by atoms with Crippen LogP contribution in [0.3, 0.4) is 0 Å². The predicted octanol–water partition coefficient (Wildman–Crippen LogP) is 4.42. The van der Waals surface area contributed by atoms with Crippen molar-refractivity contribution in [2.75, 3.05) is 0 Å². The van der Waals surface area contributed by atoms with Crippen molar-refractivity contribution in [3.63, 3.8) is 0 Å². The van der Waals surface area contributed by atoms with Crippen LogP contribution < -0.4 is 0 Å². The minimum absolute atomic E-state index is 0. The molecule has 2 fully saturated rings. The summed E-state index contributed by atoms with van der Waals surface area (Å²) in [5.41, 5.74) is 0. The second-order valence-corrected chi connectivity index (χ2v) is 4.88. The zero-order valence-electron chi connectivity index (χ0n) is 10.3. The summed E-state index contributed by atoms with van der Waals surface area (Å²) in [6.07, 6.45) is 14.0. The Morgan fingerprint density at radius 2 is 0.933 bits per heavy atom. The van der Waals surface area contributed by atoms with Crippen LogP contribution >= 0.6 is 0 Å².